The lowest BCUT2D eigenvalue weighted by Crippen LogP contribution is -2.37. The van der Waals surface area contributed by atoms with Gasteiger partial charge in [0.05, 0.1) is 10.2 Å². The Morgan fingerprint density at radius 2 is 1.38 bits per heavy atom. The summed E-state index contributed by atoms with van der Waals surface area (Å²) in [5.41, 5.74) is -0.208. The third-order valence-electron chi connectivity index (χ3n) is 1.93. The SMILES string of the molecule is CCCOC([SiH3])(CCC)OCCC. The molecule has 0 bridgehead atoms. The molecule has 13 heavy (non-hydrogen) atoms. The molecule has 0 aliphatic heterocycles. The quantitative estimate of drug-likeness (QED) is 0.442. The fourth-order valence-electron chi connectivity index (χ4n) is 1.28. The third kappa shape index (κ3) is 6.24. The van der Waals surface area contributed by atoms with Gasteiger partial charge in [0.25, 0.3) is 0 Å². The Balaban J connectivity index is 3.84. The largest absolute Gasteiger partial charge is 0.355 e. The molecule has 0 saturated carbocycles. The highest BCUT2D eigenvalue weighted by molar-refractivity contribution is 6.13. The summed E-state index contributed by atoms with van der Waals surface area (Å²) < 4.78 is 11.5. The lowest BCUT2D eigenvalue weighted by molar-refractivity contribution is -0.182. The van der Waals surface area contributed by atoms with Gasteiger partial charge in [-0.2, -0.15) is 0 Å². The first-order valence-corrected chi connectivity index (χ1v) is 6.46. The van der Waals surface area contributed by atoms with E-state index in [-0.39, 0.29) is 5.41 Å². The predicted octanol–water partition coefficient (Wildman–Crippen LogP) is 1.66. The van der Waals surface area contributed by atoms with Gasteiger partial charge in [-0.25, -0.2) is 0 Å². The molecular formula is C10H24O2Si. The zero-order valence-corrected chi connectivity index (χ0v) is 11.6. The van der Waals surface area contributed by atoms with Gasteiger partial charge in [-0.3, -0.25) is 0 Å². The van der Waals surface area contributed by atoms with Gasteiger partial charge in [-0.1, -0.05) is 27.2 Å². The van der Waals surface area contributed by atoms with Gasteiger partial charge in [0.15, 0.2) is 0 Å². The number of rotatable bonds is 8. The van der Waals surface area contributed by atoms with E-state index in [9.17, 15) is 0 Å². The summed E-state index contributed by atoms with van der Waals surface area (Å²) in [6.07, 6.45) is 4.32. The van der Waals surface area contributed by atoms with Gasteiger partial charge in [0.1, 0.15) is 5.41 Å². The van der Waals surface area contributed by atoms with Crippen LogP contribution in [0.15, 0.2) is 0 Å². The Morgan fingerprint density at radius 3 is 1.69 bits per heavy atom. The van der Waals surface area contributed by atoms with E-state index >= 15 is 0 Å². The smallest absolute Gasteiger partial charge is 0.141 e. The molecule has 0 heterocycles. The zero-order valence-electron chi connectivity index (χ0n) is 9.56. The van der Waals surface area contributed by atoms with Crippen molar-refractivity contribution in [2.45, 2.75) is 51.9 Å². The average molecular weight is 204 g/mol. The highest BCUT2D eigenvalue weighted by atomic mass is 28.1. The summed E-state index contributed by atoms with van der Waals surface area (Å²) >= 11 is 0. The van der Waals surface area contributed by atoms with Crippen molar-refractivity contribution >= 4 is 10.2 Å². The zero-order chi connectivity index (χ0) is 10.2. The van der Waals surface area contributed by atoms with Crippen molar-refractivity contribution in [3.8, 4) is 0 Å². The van der Waals surface area contributed by atoms with Crippen molar-refractivity contribution in [2.75, 3.05) is 13.2 Å². The molecule has 0 unspecified atom stereocenters. The summed E-state index contributed by atoms with van der Waals surface area (Å²) in [6.45, 7) is 8.10. The summed E-state index contributed by atoms with van der Waals surface area (Å²) in [7, 11) is 0.962. The van der Waals surface area contributed by atoms with Crippen LogP contribution < -0.4 is 0 Å². The second-order valence-electron chi connectivity index (χ2n) is 3.58. The van der Waals surface area contributed by atoms with Crippen molar-refractivity contribution in [1.82, 2.24) is 0 Å². The van der Waals surface area contributed by atoms with E-state index in [1.165, 1.54) is 0 Å². The Morgan fingerprint density at radius 1 is 0.923 bits per heavy atom. The highest BCUT2D eigenvalue weighted by Gasteiger charge is 2.23. The molecule has 0 aliphatic carbocycles. The molecule has 0 fully saturated rings. The summed E-state index contributed by atoms with van der Waals surface area (Å²) in [5.74, 6) is 0. The molecule has 0 rings (SSSR count). The number of ether oxygens (including phenoxy) is 2. The van der Waals surface area contributed by atoms with Gasteiger partial charge in [0.2, 0.25) is 0 Å². The van der Waals surface area contributed by atoms with E-state index in [2.05, 4.69) is 20.8 Å². The van der Waals surface area contributed by atoms with E-state index in [1.54, 1.807) is 0 Å². The number of hydrogen-bond acceptors (Lipinski definition) is 2. The first-order chi connectivity index (χ1) is 6.18. The van der Waals surface area contributed by atoms with Crippen LogP contribution in [-0.4, -0.2) is 28.9 Å². The standard InChI is InChI=1S/C10H24O2Si/c1-4-7-10(13,11-8-5-2)12-9-6-3/h4-9H2,1-3,13H3. The minimum atomic E-state index is -0.208. The Labute approximate surface area is 85.4 Å². The van der Waals surface area contributed by atoms with Gasteiger partial charge >= 0.3 is 0 Å². The molecule has 80 valence electrons. The molecule has 3 heteroatoms. The molecule has 0 aliphatic rings. The molecular weight excluding hydrogens is 180 g/mol. The van der Waals surface area contributed by atoms with Crippen molar-refractivity contribution in [2.24, 2.45) is 0 Å². The monoisotopic (exact) mass is 204 g/mol. The van der Waals surface area contributed by atoms with Gasteiger partial charge in [0, 0.05) is 13.2 Å². The molecule has 0 aromatic carbocycles. The minimum Gasteiger partial charge on any atom is -0.355 e. The lowest BCUT2D eigenvalue weighted by atomic mass is 10.3. The van der Waals surface area contributed by atoms with Crippen LogP contribution in [0.5, 0.6) is 0 Å². The third-order valence-corrected chi connectivity index (χ3v) is 3.00. The maximum atomic E-state index is 5.76. The second-order valence-corrected chi connectivity index (χ2v) is 5.10. The summed E-state index contributed by atoms with van der Waals surface area (Å²) in [5, 5.41) is 0. The summed E-state index contributed by atoms with van der Waals surface area (Å²) in [4.78, 5) is 0. The average Bonchev–Trinajstić information content (AvgIpc) is 2.12. The van der Waals surface area contributed by atoms with Crippen LogP contribution in [0, 0.1) is 0 Å². The number of hydrogen-bond donors (Lipinski definition) is 0. The van der Waals surface area contributed by atoms with Crippen LogP contribution in [0.3, 0.4) is 0 Å². The molecule has 0 aromatic heterocycles. The van der Waals surface area contributed by atoms with Crippen LogP contribution in [0.1, 0.15) is 46.5 Å². The van der Waals surface area contributed by atoms with E-state index < -0.39 is 0 Å². The lowest BCUT2D eigenvalue weighted by Gasteiger charge is -2.30. The van der Waals surface area contributed by atoms with Gasteiger partial charge in [-0.15, -0.1) is 0 Å². The van der Waals surface area contributed by atoms with Crippen LogP contribution in [0.4, 0.5) is 0 Å². The topological polar surface area (TPSA) is 18.5 Å². The van der Waals surface area contributed by atoms with Crippen LogP contribution >= 0.6 is 0 Å². The van der Waals surface area contributed by atoms with Gasteiger partial charge in [-0.05, 0) is 19.3 Å². The minimum absolute atomic E-state index is 0.208. The maximum absolute atomic E-state index is 5.76. The van der Waals surface area contributed by atoms with Crippen LogP contribution in [0.25, 0.3) is 0 Å². The van der Waals surface area contributed by atoms with Crippen molar-refractivity contribution in [3.63, 3.8) is 0 Å². The van der Waals surface area contributed by atoms with Crippen LogP contribution in [0.2, 0.25) is 0 Å². The van der Waals surface area contributed by atoms with E-state index in [0.29, 0.717) is 0 Å². The van der Waals surface area contributed by atoms with E-state index in [4.69, 9.17) is 9.47 Å². The molecule has 0 saturated heterocycles. The molecule has 0 atom stereocenters. The molecule has 0 N–H and O–H groups in total. The van der Waals surface area contributed by atoms with Crippen LogP contribution in [-0.2, 0) is 9.47 Å². The molecule has 0 amide bonds. The molecule has 0 radical (unpaired) electrons. The highest BCUT2D eigenvalue weighted by Crippen LogP contribution is 2.16. The Hall–Kier alpha value is 0.137. The first kappa shape index (κ1) is 13.1. The fourth-order valence-corrected chi connectivity index (χ4v) is 2.18. The molecule has 0 aromatic rings. The van der Waals surface area contributed by atoms with Crippen molar-refractivity contribution in [3.05, 3.63) is 0 Å². The predicted molar refractivity (Wildman–Crippen MR) is 60.1 cm³/mol. The Bertz CT molecular complexity index is 109. The molecule has 2 nitrogen and oxygen atoms in total. The van der Waals surface area contributed by atoms with Gasteiger partial charge < -0.3 is 9.47 Å². The van der Waals surface area contributed by atoms with E-state index in [0.717, 1.165) is 49.1 Å². The fraction of sp³-hybridized carbons (Fsp3) is 1.00. The first-order valence-electron chi connectivity index (χ1n) is 5.46. The van der Waals surface area contributed by atoms with Crippen molar-refractivity contribution in [1.29, 1.82) is 0 Å². The second kappa shape index (κ2) is 7.53. The summed E-state index contributed by atoms with van der Waals surface area (Å²) in [6, 6.07) is 0. The van der Waals surface area contributed by atoms with Crippen molar-refractivity contribution < 1.29 is 9.47 Å². The molecule has 0 spiro atoms. The maximum Gasteiger partial charge on any atom is 0.141 e. The van der Waals surface area contributed by atoms with E-state index in [1.807, 2.05) is 0 Å². The normalized spacial score (nSPS) is 12.2. The Kier molecular flexibility index (Phi) is 7.61.